The minimum atomic E-state index is -0.845. The molecule has 0 radical (unpaired) electrons. The number of ether oxygens (including phenoxy) is 1. The van der Waals surface area contributed by atoms with Gasteiger partial charge in [-0.3, -0.25) is 19.3 Å². The molecule has 4 amide bonds. The Balaban J connectivity index is 1.54. The standard InChI is InChI=1S/C22H31N5O5/c1-3-32-22(31)26-12-10-25(11-13-26)15-20(29)27-9-8-23-21(30)18(27)14-19(28)24-17-6-4-16(2)5-7-17/h4-7,18H,3,8-15H2,1-2H3,(H,23,30)(H,24,28)/t18-/m1/s1. The van der Waals surface area contributed by atoms with Crippen LogP contribution in [0, 0.1) is 6.92 Å². The lowest BCUT2D eigenvalue weighted by atomic mass is 10.1. The number of aryl methyl sites for hydroxylation is 1. The quantitative estimate of drug-likeness (QED) is 0.657. The summed E-state index contributed by atoms with van der Waals surface area (Å²) in [4.78, 5) is 54.9. The van der Waals surface area contributed by atoms with Crippen LogP contribution in [0.1, 0.15) is 18.9 Å². The van der Waals surface area contributed by atoms with E-state index >= 15 is 0 Å². The maximum atomic E-state index is 13.0. The number of hydrogen-bond donors (Lipinski definition) is 2. The number of nitrogens with zero attached hydrogens (tertiary/aromatic N) is 3. The Hall–Kier alpha value is -3.14. The maximum Gasteiger partial charge on any atom is 0.409 e. The minimum absolute atomic E-state index is 0.109. The van der Waals surface area contributed by atoms with Crippen molar-refractivity contribution in [1.29, 1.82) is 0 Å². The van der Waals surface area contributed by atoms with Gasteiger partial charge in [0.25, 0.3) is 0 Å². The van der Waals surface area contributed by atoms with Gasteiger partial charge in [-0.1, -0.05) is 17.7 Å². The van der Waals surface area contributed by atoms with E-state index in [1.165, 1.54) is 4.90 Å². The van der Waals surface area contributed by atoms with Crippen LogP contribution < -0.4 is 10.6 Å². The molecule has 174 valence electrons. The van der Waals surface area contributed by atoms with Gasteiger partial charge in [0.1, 0.15) is 6.04 Å². The number of carbonyl (C=O) groups is 4. The average molecular weight is 446 g/mol. The van der Waals surface area contributed by atoms with Gasteiger partial charge in [0, 0.05) is 45.0 Å². The van der Waals surface area contributed by atoms with Crippen molar-refractivity contribution in [3.05, 3.63) is 29.8 Å². The highest BCUT2D eigenvalue weighted by Gasteiger charge is 2.35. The summed E-state index contributed by atoms with van der Waals surface area (Å²) < 4.78 is 5.02. The van der Waals surface area contributed by atoms with Gasteiger partial charge in [-0.05, 0) is 26.0 Å². The Morgan fingerprint density at radius 1 is 1.09 bits per heavy atom. The fraction of sp³-hybridized carbons (Fsp3) is 0.545. The number of nitrogens with one attached hydrogen (secondary N) is 2. The van der Waals surface area contributed by atoms with Crippen LogP contribution in [0.15, 0.2) is 24.3 Å². The van der Waals surface area contributed by atoms with E-state index < -0.39 is 6.04 Å². The molecule has 2 N–H and O–H groups in total. The largest absolute Gasteiger partial charge is 0.450 e. The SMILES string of the molecule is CCOC(=O)N1CCN(CC(=O)N2CCNC(=O)[C@H]2CC(=O)Nc2ccc(C)cc2)CC1. The summed E-state index contributed by atoms with van der Waals surface area (Å²) in [5.74, 6) is -0.842. The summed E-state index contributed by atoms with van der Waals surface area (Å²) in [7, 11) is 0. The zero-order valence-corrected chi connectivity index (χ0v) is 18.6. The van der Waals surface area contributed by atoms with E-state index in [0.717, 1.165) is 5.56 Å². The molecular weight excluding hydrogens is 414 g/mol. The Labute approximate surface area is 187 Å². The number of rotatable bonds is 6. The lowest BCUT2D eigenvalue weighted by Gasteiger charge is -2.38. The van der Waals surface area contributed by atoms with Crippen LogP contribution in [0.4, 0.5) is 10.5 Å². The summed E-state index contributed by atoms with van der Waals surface area (Å²) >= 11 is 0. The van der Waals surface area contributed by atoms with Crippen molar-refractivity contribution in [3.63, 3.8) is 0 Å². The number of amides is 4. The third kappa shape index (κ3) is 6.19. The fourth-order valence-corrected chi connectivity index (χ4v) is 3.83. The molecule has 0 saturated carbocycles. The number of carbonyl (C=O) groups excluding carboxylic acids is 4. The molecular formula is C22H31N5O5. The number of hydrogen-bond acceptors (Lipinski definition) is 6. The molecule has 1 aromatic carbocycles. The second-order valence-electron chi connectivity index (χ2n) is 7.97. The molecule has 0 bridgehead atoms. The highest BCUT2D eigenvalue weighted by Crippen LogP contribution is 2.14. The Kier molecular flexibility index (Phi) is 8.04. The summed E-state index contributed by atoms with van der Waals surface area (Å²) in [6.45, 7) is 6.95. The third-order valence-corrected chi connectivity index (χ3v) is 5.62. The van der Waals surface area contributed by atoms with Crippen LogP contribution in [0.5, 0.6) is 0 Å². The second-order valence-corrected chi connectivity index (χ2v) is 7.97. The van der Waals surface area contributed by atoms with Crippen molar-refractivity contribution in [2.24, 2.45) is 0 Å². The van der Waals surface area contributed by atoms with Crippen molar-refractivity contribution in [2.75, 3.05) is 57.7 Å². The summed E-state index contributed by atoms with van der Waals surface area (Å²) in [5, 5.41) is 5.53. The van der Waals surface area contributed by atoms with Gasteiger partial charge in [-0.2, -0.15) is 0 Å². The molecule has 10 heteroatoms. The normalized spacial score (nSPS) is 19.3. The van der Waals surface area contributed by atoms with Gasteiger partial charge in [-0.15, -0.1) is 0 Å². The fourth-order valence-electron chi connectivity index (χ4n) is 3.83. The average Bonchev–Trinajstić information content (AvgIpc) is 2.77. The molecule has 1 atom stereocenters. The van der Waals surface area contributed by atoms with Gasteiger partial charge >= 0.3 is 6.09 Å². The monoisotopic (exact) mass is 445 g/mol. The van der Waals surface area contributed by atoms with Crippen molar-refractivity contribution in [2.45, 2.75) is 26.3 Å². The zero-order valence-electron chi connectivity index (χ0n) is 18.6. The number of piperazine rings is 2. The van der Waals surface area contributed by atoms with Gasteiger partial charge in [0.05, 0.1) is 19.6 Å². The van der Waals surface area contributed by atoms with Crippen molar-refractivity contribution >= 4 is 29.5 Å². The highest BCUT2D eigenvalue weighted by molar-refractivity contribution is 5.97. The summed E-state index contributed by atoms with van der Waals surface area (Å²) in [5.41, 5.74) is 1.73. The third-order valence-electron chi connectivity index (χ3n) is 5.62. The molecule has 2 heterocycles. The van der Waals surface area contributed by atoms with Crippen LogP contribution in [-0.2, 0) is 19.1 Å². The number of anilines is 1. The van der Waals surface area contributed by atoms with Gasteiger partial charge in [0.15, 0.2) is 0 Å². The summed E-state index contributed by atoms with van der Waals surface area (Å²) in [6, 6.07) is 6.53. The minimum Gasteiger partial charge on any atom is -0.450 e. The molecule has 10 nitrogen and oxygen atoms in total. The first-order chi connectivity index (χ1) is 15.4. The van der Waals surface area contributed by atoms with Crippen LogP contribution >= 0.6 is 0 Å². The first kappa shape index (κ1) is 23.5. The lowest BCUT2D eigenvalue weighted by molar-refractivity contribution is -0.145. The van der Waals surface area contributed by atoms with Gasteiger partial charge in [0.2, 0.25) is 17.7 Å². The highest BCUT2D eigenvalue weighted by atomic mass is 16.6. The molecule has 0 aliphatic carbocycles. The maximum absolute atomic E-state index is 13.0. The van der Waals surface area contributed by atoms with E-state index in [4.69, 9.17) is 4.74 Å². The molecule has 2 saturated heterocycles. The van der Waals surface area contributed by atoms with Crippen LogP contribution in [0.3, 0.4) is 0 Å². The molecule has 0 unspecified atom stereocenters. The predicted molar refractivity (Wildman–Crippen MR) is 118 cm³/mol. The first-order valence-electron chi connectivity index (χ1n) is 10.9. The topological polar surface area (TPSA) is 111 Å². The van der Waals surface area contributed by atoms with E-state index in [9.17, 15) is 19.2 Å². The molecule has 1 aromatic rings. The first-order valence-corrected chi connectivity index (χ1v) is 10.9. The number of benzene rings is 1. The van der Waals surface area contributed by atoms with Crippen LogP contribution in [0.25, 0.3) is 0 Å². The van der Waals surface area contributed by atoms with Crippen LogP contribution in [-0.4, -0.2) is 97.0 Å². The zero-order chi connectivity index (χ0) is 23.1. The van der Waals surface area contributed by atoms with Crippen molar-refractivity contribution in [1.82, 2.24) is 20.0 Å². The molecule has 2 aliphatic heterocycles. The Morgan fingerprint density at radius 3 is 2.44 bits per heavy atom. The molecule has 2 aliphatic rings. The molecule has 3 rings (SSSR count). The van der Waals surface area contributed by atoms with E-state index in [1.54, 1.807) is 24.0 Å². The summed E-state index contributed by atoms with van der Waals surface area (Å²) in [6.07, 6.45) is -0.451. The molecule has 0 aromatic heterocycles. The van der Waals surface area contributed by atoms with E-state index in [-0.39, 0.29) is 36.8 Å². The molecule has 0 spiro atoms. The Morgan fingerprint density at radius 2 is 1.78 bits per heavy atom. The Bertz CT molecular complexity index is 836. The van der Waals surface area contributed by atoms with E-state index in [0.29, 0.717) is 51.6 Å². The smallest absolute Gasteiger partial charge is 0.409 e. The molecule has 32 heavy (non-hydrogen) atoms. The lowest BCUT2D eigenvalue weighted by Crippen LogP contribution is -2.60. The molecule has 2 fully saturated rings. The predicted octanol–water partition coefficient (Wildman–Crippen LogP) is 0.425. The van der Waals surface area contributed by atoms with Gasteiger partial charge < -0.3 is 25.2 Å². The van der Waals surface area contributed by atoms with Crippen molar-refractivity contribution < 1.29 is 23.9 Å². The van der Waals surface area contributed by atoms with Crippen LogP contribution in [0.2, 0.25) is 0 Å². The van der Waals surface area contributed by atoms with Gasteiger partial charge in [-0.25, -0.2) is 4.79 Å². The van der Waals surface area contributed by atoms with E-state index in [1.807, 2.05) is 24.0 Å². The van der Waals surface area contributed by atoms with E-state index in [2.05, 4.69) is 10.6 Å². The van der Waals surface area contributed by atoms with Crippen molar-refractivity contribution in [3.8, 4) is 0 Å². The second kappa shape index (κ2) is 10.9.